The predicted molar refractivity (Wildman–Crippen MR) is 112 cm³/mol. The first-order chi connectivity index (χ1) is 14.2. The van der Waals surface area contributed by atoms with Gasteiger partial charge in [-0.1, -0.05) is 30.3 Å². The number of nitrogens with one attached hydrogen (secondary N) is 1. The molecule has 2 atom stereocenters. The Hall–Kier alpha value is -3.15. The molecule has 3 heterocycles. The van der Waals surface area contributed by atoms with Crippen LogP contribution in [0.15, 0.2) is 54.6 Å². The minimum Gasteiger partial charge on any atom is -0.342 e. The lowest BCUT2D eigenvalue weighted by molar-refractivity contribution is -0.137. The molecule has 29 heavy (non-hydrogen) atoms. The predicted octanol–water partition coefficient (Wildman–Crippen LogP) is 3.32. The number of nitrogens with zero attached hydrogens (tertiary/aromatic N) is 3. The van der Waals surface area contributed by atoms with Gasteiger partial charge in [-0.3, -0.25) is 9.59 Å². The van der Waals surface area contributed by atoms with Gasteiger partial charge < -0.3 is 14.8 Å². The summed E-state index contributed by atoms with van der Waals surface area (Å²) in [5.74, 6) is 1.02. The number of benzene rings is 2. The molecule has 0 saturated carbocycles. The van der Waals surface area contributed by atoms with Crippen molar-refractivity contribution in [2.24, 2.45) is 5.92 Å². The molecule has 2 unspecified atom stereocenters. The lowest BCUT2D eigenvalue weighted by atomic mass is 9.95. The number of aromatic amines is 1. The number of H-pyrrole nitrogens is 1. The van der Waals surface area contributed by atoms with E-state index in [2.05, 4.69) is 4.98 Å². The van der Waals surface area contributed by atoms with E-state index in [1.54, 1.807) is 4.90 Å². The van der Waals surface area contributed by atoms with Crippen molar-refractivity contribution in [1.29, 1.82) is 0 Å². The number of imidazole rings is 1. The van der Waals surface area contributed by atoms with Crippen LogP contribution >= 0.6 is 0 Å². The molecule has 148 valence electrons. The molecular weight excluding hydrogens is 364 g/mol. The highest BCUT2D eigenvalue weighted by molar-refractivity contribution is 6.00. The normalized spacial score (nSPS) is 22.4. The first-order valence-electron chi connectivity index (χ1n) is 10.3. The zero-order chi connectivity index (χ0) is 19.8. The Morgan fingerprint density at radius 2 is 1.83 bits per heavy atom. The highest BCUT2D eigenvalue weighted by atomic mass is 16.2. The molecule has 2 aliphatic heterocycles. The van der Waals surface area contributed by atoms with E-state index in [9.17, 15) is 9.59 Å². The maximum Gasteiger partial charge on any atom is 0.228 e. The quantitative estimate of drug-likeness (QED) is 0.748. The third-order valence-electron chi connectivity index (χ3n) is 6.07. The second kappa shape index (κ2) is 7.35. The summed E-state index contributed by atoms with van der Waals surface area (Å²) in [5, 5.41) is 0. The molecule has 6 heteroatoms. The van der Waals surface area contributed by atoms with Crippen LogP contribution in [0.5, 0.6) is 0 Å². The van der Waals surface area contributed by atoms with Crippen molar-refractivity contribution in [2.75, 3.05) is 24.5 Å². The number of hydrogen-bond donors (Lipinski definition) is 1. The van der Waals surface area contributed by atoms with Crippen LogP contribution in [0.3, 0.4) is 0 Å². The molecule has 3 aromatic rings. The molecule has 5 rings (SSSR count). The fourth-order valence-electron chi connectivity index (χ4n) is 4.56. The lowest BCUT2D eigenvalue weighted by Crippen LogP contribution is -2.43. The molecule has 0 bridgehead atoms. The van der Waals surface area contributed by atoms with Crippen molar-refractivity contribution in [3.8, 4) is 0 Å². The highest BCUT2D eigenvalue weighted by Crippen LogP contribution is 2.30. The molecular formula is C23H24N4O2. The smallest absolute Gasteiger partial charge is 0.228 e. The van der Waals surface area contributed by atoms with E-state index in [0.29, 0.717) is 19.5 Å². The Morgan fingerprint density at radius 3 is 2.66 bits per heavy atom. The molecule has 0 aliphatic carbocycles. The van der Waals surface area contributed by atoms with Crippen molar-refractivity contribution < 1.29 is 9.59 Å². The third kappa shape index (κ3) is 3.39. The molecule has 6 nitrogen and oxygen atoms in total. The monoisotopic (exact) mass is 388 g/mol. The Balaban J connectivity index is 1.29. The van der Waals surface area contributed by atoms with Crippen molar-refractivity contribution in [2.45, 2.75) is 25.2 Å². The highest BCUT2D eigenvalue weighted by Gasteiger charge is 2.38. The number of carbonyl (C=O) groups is 2. The molecule has 1 N–H and O–H groups in total. The largest absolute Gasteiger partial charge is 0.342 e. The number of fused-ring (bicyclic) bond motifs is 1. The second-order valence-electron chi connectivity index (χ2n) is 8.00. The van der Waals surface area contributed by atoms with E-state index in [-0.39, 0.29) is 23.7 Å². The zero-order valence-corrected chi connectivity index (χ0v) is 16.3. The van der Waals surface area contributed by atoms with E-state index in [0.717, 1.165) is 41.9 Å². The van der Waals surface area contributed by atoms with Crippen molar-refractivity contribution in [3.63, 3.8) is 0 Å². The number of piperidine rings is 1. The van der Waals surface area contributed by atoms with Gasteiger partial charge in [0.2, 0.25) is 11.8 Å². The standard InChI is InChI=1S/C23H24N4O2/c28-21-13-17(15-27(21)18-8-2-1-3-9-18)23(29)26-12-6-7-16(14-26)22-24-19-10-4-5-11-20(19)25-22/h1-5,8-11,16-17H,6-7,12-15H2,(H,24,25). The number of hydrogen-bond acceptors (Lipinski definition) is 3. The van der Waals surface area contributed by atoms with Gasteiger partial charge in [0.05, 0.1) is 17.0 Å². The number of likely N-dealkylation sites (tertiary alicyclic amines) is 1. The number of rotatable bonds is 3. The van der Waals surface area contributed by atoms with E-state index < -0.39 is 0 Å². The van der Waals surface area contributed by atoms with E-state index in [1.807, 2.05) is 59.5 Å². The molecule has 2 aliphatic rings. The van der Waals surface area contributed by atoms with Gasteiger partial charge in [-0.2, -0.15) is 0 Å². The van der Waals surface area contributed by atoms with Crippen molar-refractivity contribution in [3.05, 3.63) is 60.4 Å². The Kier molecular flexibility index (Phi) is 4.54. The molecule has 2 saturated heterocycles. The third-order valence-corrected chi connectivity index (χ3v) is 6.07. The van der Waals surface area contributed by atoms with Crippen LogP contribution in [0, 0.1) is 5.92 Å². The average molecular weight is 388 g/mol. The number of para-hydroxylation sites is 3. The Bertz CT molecular complexity index is 1010. The molecule has 2 amide bonds. The summed E-state index contributed by atoms with van der Waals surface area (Å²) >= 11 is 0. The van der Waals surface area contributed by atoms with Gasteiger partial charge in [0, 0.05) is 37.7 Å². The fourth-order valence-corrected chi connectivity index (χ4v) is 4.56. The summed E-state index contributed by atoms with van der Waals surface area (Å²) in [7, 11) is 0. The summed E-state index contributed by atoms with van der Waals surface area (Å²) in [6.45, 7) is 1.88. The van der Waals surface area contributed by atoms with Crippen LogP contribution in [0.2, 0.25) is 0 Å². The number of carbonyl (C=O) groups excluding carboxylic acids is 2. The second-order valence-corrected chi connectivity index (χ2v) is 8.00. The topological polar surface area (TPSA) is 69.3 Å². The maximum atomic E-state index is 13.2. The van der Waals surface area contributed by atoms with E-state index >= 15 is 0 Å². The van der Waals surface area contributed by atoms with Gasteiger partial charge in [0.15, 0.2) is 0 Å². The Labute approximate surface area is 169 Å². The van der Waals surface area contributed by atoms with Crippen LogP contribution in [0.1, 0.15) is 31.0 Å². The van der Waals surface area contributed by atoms with E-state index in [1.165, 1.54) is 0 Å². The molecule has 2 fully saturated rings. The minimum atomic E-state index is -0.267. The minimum absolute atomic E-state index is 0.0281. The zero-order valence-electron chi connectivity index (χ0n) is 16.3. The number of aromatic nitrogens is 2. The fraction of sp³-hybridized carbons (Fsp3) is 0.348. The van der Waals surface area contributed by atoms with Gasteiger partial charge in [-0.05, 0) is 37.1 Å². The van der Waals surface area contributed by atoms with Crippen molar-refractivity contribution in [1.82, 2.24) is 14.9 Å². The van der Waals surface area contributed by atoms with Crippen LogP contribution in [-0.4, -0.2) is 46.3 Å². The van der Waals surface area contributed by atoms with Crippen LogP contribution in [-0.2, 0) is 9.59 Å². The van der Waals surface area contributed by atoms with Crippen LogP contribution in [0.4, 0.5) is 5.69 Å². The summed E-state index contributed by atoms with van der Waals surface area (Å²) < 4.78 is 0. The summed E-state index contributed by atoms with van der Waals surface area (Å²) in [6.07, 6.45) is 2.26. The summed E-state index contributed by atoms with van der Waals surface area (Å²) in [6, 6.07) is 17.6. The van der Waals surface area contributed by atoms with E-state index in [4.69, 9.17) is 4.98 Å². The molecule has 1 aromatic heterocycles. The van der Waals surface area contributed by atoms with Crippen molar-refractivity contribution >= 4 is 28.5 Å². The van der Waals surface area contributed by atoms with Gasteiger partial charge in [0.25, 0.3) is 0 Å². The maximum absolute atomic E-state index is 13.2. The summed E-state index contributed by atoms with van der Waals surface area (Å²) in [5.41, 5.74) is 2.86. The van der Waals surface area contributed by atoms with Gasteiger partial charge >= 0.3 is 0 Å². The number of amides is 2. The molecule has 0 spiro atoms. The molecule has 0 radical (unpaired) electrons. The lowest BCUT2D eigenvalue weighted by Gasteiger charge is -2.33. The van der Waals surface area contributed by atoms with Gasteiger partial charge in [0.1, 0.15) is 5.82 Å². The van der Waals surface area contributed by atoms with Crippen LogP contribution < -0.4 is 4.90 Å². The molecule has 2 aromatic carbocycles. The first kappa shape index (κ1) is 17.9. The summed E-state index contributed by atoms with van der Waals surface area (Å²) in [4.78, 5) is 37.5. The first-order valence-corrected chi connectivity index (χ1v) is 10.3. The van der Waals surface area contributed by atoms with Gasteiger partial charge in [-0.15, -0.1) is 0 Å². The average Bonchev–Trinajstić information content (AvgIpc) is 3.37. The van der Waals surface area contributed by atoms with Crippen LogP contribution in [0.25, 0.3) is 11.0 Å². The SMILES string of the molecule is O=C(C1CC(=O)N(c2ccccc2)C1)N1CCCC(c2nc3ccccc3[nH]2)C1. The van der Waals surface area contributed by atoms with Gasteiger partial charge in [-0.25, -0.2) is 4.98 Å². The Morgan fingerprint density at radius 1 is 1.03 bits per heavy atom. The number of anilines is 1.